The highest BCUT2D eigenvalue weighted by molar-refractivity contribution is 5.98. The lowest BCUT2D eigenvalue weighted by atomic mass is 9.80. The predicted octanol–water partition coefficient (Wildman–Crippen LogP) is 4.73. The zero-order chi connectivity index (χ0) is 29.3. The van der Waals surface area contributed by atoms with Crippen molar-refractivity contribution in [3.63, 3.8) is 0 Å². The van der Waals surface area contributed by atoms with Crippen molar-refractivity contribution in [2.75, 3.05) is 23.3 Å². The molecule has 3 aromatic heterocycles. The average molecular weight is 584 g/mol. The molecular weight excluding hydrogens is 551 g/mol. The zero-order valence-electron chi connectivity index (χ0n) is 22.8. The maximum absolute atomic E-state index is 10.6. The number of piperidine rings is 1. The standard InChI is InChI=1S/C26H31N9.C2HF3O2/c1-2-4-22-21(3-1)25(28-20-13-17(14-20)15-34-12-9-27-16-34)32-33-26(22)35-10-7-19(8-11-35)24-29-23(30-31-24)18-5-6-18;3-2(4,5)1(6)7/h1-4,9,12,16-20H,5-8,10-11,13-15H2,(H,28,32)(H,29,30,31);(H,6,7). The Morgan fingerprint density at radius 2 is 1.76 bits per heavy atom. The van der Waals surface area contributed by atoms with Crippen LogP contribution in [0.25, 0.3) is 10.8 Å². The van der Waals surface area contributed by atoms with Crippen molar-refractivity contribution in [3.8, 4) is 0 Å². The Balaban J connectivity index is 0.000000405. The van der Waals surface area contributed by atoms with Gasteiger partial charge >= 0.3 is 12.1 Å². The second kappa shape index (κ2) is 11.6. The second-order valence-electron chi connectivity index (χ2n) is 11.3. The number of nitrogens with zero attached hydrogens (tertiary/aromatic N) is 7. The molecule has 0 amide bonds. The first kappa shape index (κ1) is 27.9. The molecule has 3 aliphatic rings. The number of H-pyrrole nitrogens is 1. The van der Waals surface area contributed by atoms with Crippen molar-refractivity contribution in [1.29, 1.82) is 0 Å². The normalized spacial score (nSPS) is 21.0. The summed E-state index contributed by atoms with van der Waals surface area (Å²) in [7, 11) is 0. The number of aliphatic carboxylic acids is 1. The molecule has 4 heterocycles. The summed E-state index contributed by atoms with van der Waals surface area (Å²) in [4.78, 5) is 20.2. The molecule has 2 aliphatic carbocycles. The SMILES string of the molecule is O=C(O)C(F)(F)F.c1ccc2c(N3CCC(c4nc(C5CC5)n[nH]4)CC3)nnc(NC3CC(Cn4ccnc4)C3)c2c1. The van der Waals surface area contributed by atoms with Crippen molar-refractivity contribution < 1.29 is 23.1 Å². The third-order valence-corrected chi connectivity index (χ3v) is 8.16. The van der Waals surface area contributed by atoms with E-state index in [1.807, 2.05) is 18.7 Å². The molecule has 11 nitrogen and oxygen atoms in total. The van der Waals surface area contributed by atoms with Crippen LogP contribution < -0.4 is 10.2 Å². The fraction of sp³-hybridized carbons (Fsp3) is 0.500. The van der Waals surface area contributed by atoms with Gasteiger partial charge in [-0.05, 0) is 44.4 Å². The number of carbonyl (C=O) groups is 1. The van der Waals surface area contributed by atoms with E-state index in [-0.39, 0.29) is 0 Å². The topological polar surface area (TPSA) is 138 Å². The lowest BCUT2D eigenvalue weighted by Gasteiger charge is -2.36. The van der Waals surface area contributed by atoms with Crippen molar-refractivity contribution in [1.82, 2.24) is 34.9 Å². The summed E-state index contributed by atoms with van der Waals surface area (Å²) in [6.07, 6.45) is 7.57. The van der Waals surface area contributed by atoms with Crippen LogP contribution in [0.3, 0.4) is 0 Å². The van der Waals surface area contributed by atoms with Crippen molar-refractivity contribution >= 4 is 28.4 Å². The summed E-state index contributed by atoms with van der Waals surface area (Å²) >= 11 is 0. The summed E-state index contributed by atoms with van der Waals surface area (Å²) < 4.78 is 33.9. The number of anilines is 2. The van der Waals surface area contributed by atoms with E-state index in [2.05, 4.69) is 59.3 Å². The van der Waals surface area contributed by atoms with Gasteiger partial charge in [-0.3, -0.25) is 5.10 Å². The molecule has 222 valence electrons. The van der Waals surface area contributed by atoms with Gasteiger partial charge in [0.2, 0.25) is 0 Å². The molecule has 0 radical (unpaired) electrons. The van der Waals surface area contributed by atoms with Crippen LogP contribution in [0.2, 0.25) is 0 Å². The van der Waals surface area contributed by atoms with Crippen LogP contribution in [0.5, 0.6) is 0 Å². The first-order chi connectivity index (χ1) is 20.2. The number of halogens is 3. The Labute approximate surface area is 239 Å². The monoisotopic (exact) mass is 583 g/mol. The number of carboxylic acids is 1. The molecule has 0 spiro atoms. The van der Waals surface area contributed by atoms with Crippen molar-refractivity contribution in [3.05, 3.63) is 54.6 Å². The van der Waals surface area contributed by atoms with Gasteiger partial charge in [-0.25, -0.2) is 14.8 Å². The minimum atomic E-state index is -5.08. The highest BCUT2D eigenvalue weighted by Gasteiger charge is 2.38. The lowest BCUT2D eigenvalue weighted by molar-refractivity contribution is -0.192. The molecule has 7 rings (SSSR count). The Morgan fingerprint density at radius 1 is 1.05 bits per heavy atom. The molecule has 1 aromatic carbocycles. The minimum Gasteiger partial charge on any atom is -0.475 e. The van der Waals surface area contributed by atoms with Crippen LogP contribution >= 0.6 is 0 Å². The largest absolute Gasteiger partial charge is 0.490 e. The maximum Gasteiger partial charge on any atom is 0.490 e. The van der Waals surface area contributed by atoms with E-state index in [0.717, 1.165) is 74.0 Å². The summed E-state index contributed by atoms with van der Waals surface area (Å²) in [5.74, 6) is 2.94. The van der Waals surface area contributed by atoms with Crippen LogP contribution in [0.15, 0.2) is 43.0 Å². The van der Waals surface area contributed by atoms with Gasteiger partial charge < -0.3 is 19.9 Å². The van der Waals surface area contributed by atoms with E-state index in [1.54, 1.807) is 0 Å². The van der Waals surface area contributed by atoms with Gasteiger partial charge in [0.25, 0.3) is 0 Å². The van der Waals surface area contributed by atoms with Crippen LogP contribution in [-0.2, 0) is 11.3 Å². The summed E-state index contributed by atoms with van der Waals surface area (Å²) in [6, 6.07) is 8.98. The molecule has 42 heavy (non-hydrogen) atoms. The Hall–Kier alpha value is -4.23. The molecule has 0 bridgehead atoms. The van der Waals surface area contributed by atoms with E-state index in [4.69, 9.17) is 20.0 Å². The quantitative estimate of drug-likeness (QED) is 0.282. The summed E-state index contributed by atoms with van der Waals surface area (Å²) in [5.41, 5.74) is 0. The first-order valence-electron chi connectivity index (χ1n) is 14.2. The van der Waals surface area contributed by atoms with Gasteiger partial charge in [-0.1, -0.05) is 24.3 Å². The highest BCUT2D eigenvalue weighted by atomic mass is 19.4. The number of carboxylic acid groups (broad SMARTS) is 1. The molecule has 1 saturated heterocycles. The van der Waals surface area contributed by atoms with Crippen LogP contribution in [0.4, 0.5) is 24.8 Å². The van der Waals surface area contributed by atoms with Gasteiger partial charge in [0.05, 0.1) is 6.33 Å². The second-order valence-corrected chi connectivity index (χ2v) is 11.3. The molecular formula is C28H32F3N9O2. The van der Waals surface area contributed by atoms with Crippen LogP contribution in [-0.4, -0.2) is 71.3 Å². The van der Waals surface area contributed by atoms with Crippen molar-refractivity contribution in [2.24, 2.45) is 5.92 Å². The van der Waals surface area contributed by atoms with Gasteiger partial charge in [0.15, 0.2) is 17.5 Å². The summed E-state index contributed by atoms with van der Waals surface area (Å²) in [6.45, 7) is 2.94. The Morgan fingerprint density at radius 3 is 2.40 bits per heavy atom. The first-order valence-corrected chi connectivity index (χ1v) is 14.2. The van der Waals surface area contributed by atoms with E-state index >= 15 is 0 Å². The fourth-order valence-electron chi connectivity index (χ4n) is 5.68. The number of aromatic nitrogens is 7. The number of imidazole rings is 1. The number of benzene rings is 1. The van der Waals surface area contributed by atoms with E-state index in [1.165, 1.54) is 18.2 Å². The van der Waals surface area contributed by atoms with E-state index < -0.39 is 12.1 Å². The number of hydrogen-bond donors (Lipinski definition) is 3. The molecule has 0 atom stereocenters. The molecule has 1 aliphatic heterocycles. The van der Waals surface area contributed by atoms with Gasteiger partial charge in [0, 0.05) is 60.7 Å². The van der Waals surface area contributed by atoms with E-state index in [0.29, 0.717) is 23.8 Å². The number of nitrogens with one attached hydrogen (secondary N) is 2. The van der Waals surface area contributed by atoms with Crippen LogP contribution in [0.1, 0.15) is 62.0 Å². The van der Waals surface area contributed by atoms with Gasteiger partial charge in [-0.2, -0.15) is 18.3 Å². The Bertz CT molecular complexity index is 1510. The third kappa shape index (κ3) is 6.31. The molecule has 0 unspecified atom stereocenters. The Kier molecular flexibility index (Phi) is 7.69. The molecule has 4 aromatic rings. The molecule has 2 saturated carbocycles. The average Bonchev–Trinajstić information content (AvgIpc) is 3.45. The zero-order valence-corrected chi connectivity index (χ0v) is 22.8. The molecule has 3 N–H and O–H groups in total. The van der Waals surface area contributed by atoms with E-state index in [9.17, 15) is 13.2 Å². The predicted molar refractivity (Wildman–Crippen MR) is 148 cm³/mol. The van der Waals surface area contributed by atoms with Gasteiger partial charge in [-0.15, -0.1) is 10.2 Å². The fourth-order valence-corrected chi connectivity index (χ4v) is 5.68. The number of rotatable bonds is 7. The van der Waals surface area contributed by atoms with Gasteiger partial charge in [0.1, 0.15) is 5.82 Å². The minimum absolute atomic E-state index is 0.445. The van der Waals surface area contributed by atoms with Crippen LogP contribution in [0, 0.1) is 5.92 Å². The number of alkyl halides is 3. The smallest absolute Gasteiger partial charge is 0.475 e. The lowest BCUT2D eigenvalue weighted by Crippen LogP contribution is -2.38. The molecule has 3 fully saturated rings. The maximum atomic E-state index is 10.6. The number of aromatic amines is 1. The summed E-state index contributed by atoms with van der Waals surface area (Å²) in [5, 5.41) is 30.2. The molecule has 14 heteroatoms. The number of fused-ring (bicyclic) bond motifs is 1. The third-order valence-electron chi connectivity index (χ3n) is 8.16. The number of hydrogen-bond acceptors (Lipinski definition) is 8. The highest BCUT2D eigenvalue weighted by Crippen LogP contribution is 2.39. The van der Waals surface area contributed by atoms with Crippen molar-refractivity contribution in [2.45, 2.75) is 69.1 Å².